The van der Waals surface area contributed by atoms with Crippen LogP contribution in [0.3, 0.4) is 0 Å². The highest BCUT2D eigenvalue weighted by Crippen LogP contribution is 2.18. The van der Waals surface area contributed by atoms with Gasteiger partial charge in [0.15, 0.2) is 0 Å². The lowest BCUT2D eigenvalue weighted by Crippen LogP contribution is -2.34. The second-order valence-corrected chi connectivity index (χ2v) is 5.82. The van der Waals surface area contributed by atoms with Crippen molar-refractivity contribution in [1.82, 2.24) is 15.1 Å². The Labute approximate surface area is 124 Å². The number of amides is 1. The summed E-state index contributed by atoms with van der Waals surface area (Å²) in [5.74, 6) is -0.104. The van der Waals surface area contributed by atoms with Gasteiger partial charge < -0.3 is 10.4 Å². The van der Waals surface area contributed by atoms with E-state index in [9.17, 15) is 4.79 Å². The molecule has 0 unspecified atom stereocenters. The number of hydrogen-bond acceptors (Lipinski definition) is 3. The van der Waals surface area contributed by atoms with E-state index in [0.717, 1.165) is 5.69 Å². The standard InChI is InChI=1S/C16H21N3O2/c1-16(2,8-11-20)12-17-15(21)13-4-6-14(7-5-13)19-10-3-9-18-19/h3-7,9-10,20H,8,11-12H2,1-2H3,(H,17,21). The van der Waals surface area contributed by atoms with Gasteiger partial charge in [-0.2, -0.15) is 5.10 Å². The molecule has 1 aromatic heterocycles. The summed E-state index contributed by atoms with van der Waals surface area (Å²) in [5, 5.41) is 16.0. The molecule has 0 bridgehead atoms. The molecular formula is C16H21N3O2. The molecule has 0 aliphatic heterocycles. The average Bonchev–Trinajstić information content (AvgIpc) is 2.99. The third kappa shape index (κ3) is 4.16. The Balaban J connectivity index is 1.97. The number of aliphatic hydroxyl groups excluding tert-OH is 1. The van der Waals surface area contributed by atoms with Crippen LogP contribution in [0.5, 0.6) is 0 Å². The van der Waals surface area contributed by atoms with E-state index in [1.807, 2.05) is 38.2 Å². The lowest BCUT2D eigenvalue weighted by molar-refractivity contribution is 0.0928. The number of carbonyl (C=O) groups excluding carboxylic acids is 1. The molecule has 0 fully saturated rings. The largest absolute Gasteiger partial charge is 0.396 e. The summed E-state index contributed by atoms with van der Waals surface area (Å²) >= 11 is 0. The van der Waals surface area contributed by atoms with Crippen LogP contribution >= 0.6 is 0 Å². The van der Waals surface area contributed by atoms with Gasteiger partial charge in [0.1, 0.15) is 0 Å². The van der Waals surface area contributed by atoms with Crippen molar-refractivity contribution in [3.05, 3.63) is 48.3 Å². The van der Waals surface area contributed by atoms with Crippen LogP contribution in [0.4, 0.5) is 0 Å². The Morgan fingerprint density at radius 2 is 2.05 bits per heavy atom. The van der Waals surface area contributed by atoms with Crippen LogP contribution in [0.25, 0.3) is 5.69 Å². The van der Waals surface area contributed by atoms with Crippen LogP contribution < -0.4 is 5.32 Å². The summed E-state index contributed by atoms with van der Waals surface area (Å²) in [4.78, 5) is 12.1. The lowest BCUT2D eigenvalue weighted by atomic mass is 9.89. The first-order valence-corrected chi connectivity index (χ1v) is 7.01. The number of hydrogen-bond donors (Lipinski definition) is 2. The number of carbonyl (C=O) groups is 1. The smallest absolute Gasteiger partial charge is 0.251 e. The minimum absolute atomic E-state index is 0.104. The molecule has 0 spiro atoms. The predicted molar refractivity (Wildman–Crippen MR) is 81.4 cm³/mol. The number of nitrogens with one attached hydrogen (secondary N) is 1. The predicted octanol–water partition coefficient (Wildman–Crippen LogP) is 2.01. The van der Waals surface area contributed by atoms with Crippen LogP contribution in [-0.4, -0.2) is 33.9 Å². The second kappa shape index (κ2) is 6.54. The molecule has 0 aliphatic carbocycles. The maximum atomic E-state index is 12.1. The van der Waals surface area contributed by atoms with Crippen molar-refractivity contribution in [2.24, 2.45) is 5.41 Å². The molecule has 2 N–H and O–H groups in total. The van der Waals surface area contributed by atoms with Crippen molar-refractivity contribution in [3.63, 3.8) is 0 Å². The SMILES string of the molecule is CC(C)(CCO)CNC(=O)c1ccc(-n2cccn2)cc1. The molecule has 112 valence electrons. The van der Waals surface area contributed by atoms with E-state index in [2.05, 4.69) is 10.4 Å². The Hall–Kier alpha value is -2.14. The van der Waals surface area contributed by atoms with Gasteiger partial charge in [0.05, 0.1) is 5.69 Å². The van der Waals surface area contributed by atoms with Crippen LogP contribution in [0, 0.1) is 5.41 Å². The first-order valence-electron chi connectivity index (χ1n) is 7.01. The lowest BCUT2D eigenvalue weighted by Gasteiger charge is -2.23. The Morgan fingerprint density at radius 1 is 1.33 bits per heavy atom. The number of benzene rings is 1. The average molecular weight is 287 g/mol. The zero-order chi connectivity index (χ0) is 15.3. The number of nitrogens with zero attached hydrogens (tertiary/aromatic N) is 2. The van der Waals surface area contributed by atoms with Gasteiger partial charge in [-0.3, -0.25) is 4.79 Å². The topological polar surface area (TPSA) is 67.2 Å². The van der Waals surface area contributed by atoms with E-state index in [0.29, 0.717) is 18.5 Å². The maximum Gasteiger partial charge on any atom is 0.251 e. The van der Waals surface area contributed by atoms with Crippen molar-refractivity contribution < 1.29 is 9.90 Å². The molecule has 2 rings (SSSR count). The normalized spacial score (nSPS) is 11.4. The first-order chi connectivity index (χ1) is 10.0. The molecule has 5 nitrogen and oxygen atoms in total. The number of aliphatic hydroxyl groups is 1. The summed E-state index contributed by atoms with van der Waals surface area (Å²) in [5.41, 5.74) is 1.42. The van der Waals surface area contributed by atoms with Gasteiger partial charge in [0.2, 0.25) is 0 Å². The Bertz CT molecular complexity index is 574. The highest BCUT2D eigenvalue weighted by molar-refractivity contribution is 5.94. The fourth-order valence-corrected chi connectivity index (χ4v) is 2.00. The van der Waals surface area contributed by atoms with E-state index in [1.165, 1.54) is 0 Å². The van der Waals surface area contributed by atoms with Crippen molar-refractivity contribution in [1.29, 1.82) is 0 Å². The highest BCUT2D eigenvalue weighted by Gasteiger charge is 2.18. The van der Waals surface area contributed by atoms with Crippen LogP contribution in [0.2, 0.25) is 0 Å². The van der Waals surface area contributed by atoms with Crippen molar-refractivity contribution in [3.8, 4) is 5.69 Å². The molecule has 0 saturated carbocycles. The number of aromatic nitrogens is 2. The van der Waals surface area contributed by atoms with Gasteiger partial charge in [-0.25, -0.2) is 4.68 Å². The molecular weight excluding hydrogens is 266 g/mol. The van der Waals surface area contributed by atoms with E-state index in [1.54, 1.807) is 23.0 Å². The fraction of sp³-hybridized carbons (Fsp3) is 0.375. The molecule has 0 atom stereocenters. The molecule has 0 radical (unpaired) electrons. The highest BCUT2D eigenvalue weighted by atomic mass is 16.3. The molecule has 0 saturated heterocycles. The quantitative estimate of drug-likeness (QED) is 0.854. The van der Waals surface area contributed by atoms with E-state index in [4.69, 9.17) is 5.11 Å². The van der Waals surface area contributed by atoms with Gasteiger partial charge in [-0.1, -0.05) is 13.8 Å². The third-order valence-electron chi connectivity index (χ3n) is 3.41. The van der Waals surface area contributed by atoms with Gasteiger partial charge in [0.25, 0.3) is 5.91 Å². The van der Waals surface area contributed by atoms with E-state index < -0.39 is 0 Å². The maximum absolute atomic E-state index is 12.1. The summed E-state index contributed by atoms with van der Waals surface area (Å²) in [6, 6.07) is 9.14. The van der Waals surface area contributed by atoms with Gasteiger partial charge in [-0.15, -0.1) is 0 Å². The monoisotopic (exact) mass is 287 g/mol. The summed E-state index contributed by atoms with van der Waals surface area (Å²) in [6.07, 6.45) is 4.22. The van der Waals surface area contributed by atoms with Crippen LogP contribution in [0.1, 0.15) is 30.6 Å². The molecule has 1 heterocycles. The minimum atomic E-state index is -0.112. The second-order valence-electron chi connectivity index (χ2n) is 5.82. The molecule has 1 aromatic carbocycles. The minimum Gasteiger partial charge on any atom is -0.396 e. The summed E-state index contributed by atoms with van der Waals surface area (Å²) in [6.45, 7) is 4.70. The zero-order valence-electron chi connectivity index (χ0n) is 12.4. The van der Waals surface area contributed by atoms with Crippen LogP contribution in [-0.2, 0) is 0 Å². The van der Waals surface area contributed by atoms with Gasteiger partial charge in [-0.05, 0) is 42.2 Å². The Morgan fingerprint density at radius 3 is 2.62 bits per heavy atom. The fourth-order valence-electron chi connectivity index (χ4n) is 2.00. The summed E-state index contributed by atoms with van der Waals surface area (Å²) < 4.78 is 1.74. The summed E-state index contributed by atoms with van der Waals surface area (Å²) in [7, 11) is 0. The molecule has 1 amide bonds. The van der Waals surface area contributed by atoms with Crippen molar-refractivity contribution in [2.75, 3.05) is 13.2 Å². The molecule has 0 aliphatic rings. The molecule has 21 heavy (non-hydrogen) atoms. The number of rotatable bonds is 6. The first kappa shape index (κ1) is 15.3. The van der Waals surface area contributed by atoms with Gasteiger partial charge in [0, 0.05) is 31.1 Å². The molecule has 5 heteroatoms. The third-order valence-corrected chi connectivity index (χ3v) is 3.41. The van der Waals surface area contributed by atoms with E-state index in [-0.39, 0.29) is 17.9 Å². The molecule has 2 aromatic rings. The van der Waals surface area contributed by atoms with Crippen molar-refractivity contribution in [2.45, 2.75) is 20.3 Å². The van der Waals surface area contributed by atoms with Crippen molar-refractivity contribution >= 4 is 5.91 Å². The Kier molecular flexibility index (Phi) is 4.75. The van der Waals surface area contributed by atoms with Gasteiger partial charge >= 0.3 is 0 Å². The van der Waals surface area contributed by atoms with Crippen LogP contribution in [0.15, 0.2) is 42.7 Å². The van der Waals surface area contributed by atoms with E-state index >= 15 is 0 Å². The zero-order valence-corrected chi connectivity index (χ0v) is 12.4.